The quantitative estimate of drug-likeness (QED) is 0.280. The van der Waals surface area contributed by atoms with E-state index >= 15 is 0 Å². The van der Waals surface area contributed by atoms with Crippen molar-refractivity contribution in [1.82, 2.24) is 30.0 Å². The Morgan fingerprint density at radius 3 is 2.54 bits per heavy atom. The molecule has 198 valence electrons. The van der Waals surface area contributed by atoms with Gasteiger partial charge < -0.3 is 9.84 Å². The Balaban J connectivity index is 0.00000380. The number of carbonyl (C=O) groups is 1. The van der Waals surface area contributed by atoms with E-state index in [2.05, 4.69) is 68.3 Å². The number of carboxylic acids is 1. The van der Waals surface area contributed by atoms with Gasteiger partial charge in [0.05, 0.1) is 13.2 Å². The predicted octanol–water partition coefficient (Wildman–Crippen LogP) is 3.92. The van der Waals surface area contributed by atoms with Gasteiger partial charge in [0.2, 0.25) is 0 Å². The molecule has 9 nitrogen and oxygen atoms in total. The number of halogens is 1. The highest BCUT2D eigenvalue weighted by atomic mass is 35.5. The number of carboxylic acid groups (broad SMARTS) is 1. The average Bonchev–Trinajstić information content (AvgIpc) is 3.37. The summed E-state index contributed by atoms with van der Waals surface area (Å²) in [4.78, 5) is 15.7. The Morgan fingerprint density at radius 2 is 1.86 bits per heavy atom. The maximum absolute atomic E-state index is 10.8. The number of tetrazole rings is 1. The van der Waals surface area contributed by atoms with Crippen molar-refractivity contribution in [2.45, 2.75) is 31.8 Å². The van der Waals surface area contributed by atoms with E-state index < -0.39 is 5.97 Å². The van der Waals surface area contributed by atoms with Crippen LogP contribution in [0.2, 0.25) is 0 Å². The first kappa shape index (κ1) is 28.3. The van der Waals surface area contributed by atoms with Crippen LogP contribution in [0.25, 0.3) is 11.4 Å². The van der Waals surface area contributed by atoms with Crippen molar-refractivity contribution in [3.63, 3.8) is 0 Å². The molecular weight excluding hydrogens is 492 g/mol. The molecule has 4 rings (SSSR count). The van der Waals surface area contributed by atoms with Gasteiger partial charge in [-0.05, 0) is 46.5 Å². The Morgan fingerprint density at radius 1 is 1.11 bits per heavy atom. The summed E-state index contributed by atoms with van der Waals surface area (Å²) in [5, 5.41) is 21.0. The van der Waals surface area contributed by atoms with Crippen LogP contribution in [0.5, 0.6) is 5.75 Å². The van der Waals surface area contributed by atoms with Crippen LogP contribution in [-0.4, -0.2) is 80.9 Å². The fourth-order valence-electron chi connectivity index (χ4n) is 4.73. The molecule has 1 aliphatic heterocycles. The summed E-state index contributed by atoms with van der Waals surface area (Å²) in [6.45, 7) is 9.31. The van der Waals surface area contributed by atoms with Gasteiger partial charge in [-0.25, -0.2) is 4.68 Å². The molecule has 0 radical (unpaired) electrons. The van der Waals surface area contributed by atoms with Crippen molar-refractivity contribution >= 4 is 18.4 Å². The molecule has 2 heterocycles. The first-order valence-corrected chi connectivity index (χ1v) is 12.4. The van der Waals surface area contributed by atoms with Crippen LogP contribution in [0.4, 0.5) is 0 Å². The van der Waals surface area contributed by atoms with Gasteiger partial charge in [-0.3, -0.25) is 14.6 Å². The van der Waals surface area contributed by atoms with Gasteiger partial charge in [-0.15, -0.1) is 24.1 Å². The molecule has 0 aliphatic carbocycles. The first-order chi connectivity index (χ1) is 17.6. The van der Waals surface area contributed by atoms with Crippen molar-refractivity contribution in [2.75, 3.05) is 39.8 Å². The minimum absolute atomic E-state index is 0. The second kappa shape index (κ2) is 13.9. The SMILES string of the molecule is C=CCN1CCN([C@@H](c2ccc(-c3nnnn3CCCCC(=O)O)cc2)c2cccc(OC)c2)CC1.Cl. The number of aliphatic carboxylic acids is 1. The van der Waals surface area contributed by atoms with Crippen LogP contribution >= 0.6 is 12.4 Å². The molecule has 3 aromatic rings. The number of methoxy groups -OCH3 is 1. The number of rotatable bonds is 12. The van der Waals surface area contributed by atoms with Gasteiger partial charge in [0.1, 0.15) is 5.75 Å². The number of benzene rings is 2. The minimum atomic E-state index is -0.782. The maximum Gasteiger partial charge on any atom is 0.303 e. The Kier molecular flexibility index (Phi) is 10.6. The number of aryl methyl sites for hydroxylation is 1. The normalized spacial score (nSPS) is 15.1. The first-order valence-electron chi connectivity index (χ1n) is 12.4. The van der Waals surface area contributed by atoms with Crippen LogP contribution in [-0.2, 0) is 11.3 Å². The topological polar surface area (TPSA) is 96.6 Å². The van der Waals surface area contributed by atoms with Gasteiger partial charge in [0.25, 0.3) is 0 Å². The summed E-state index contributed by atoms with van der Waals surface area (Å²) in [5.41, 5.74) is 3.33. The van der Waals surface area contributed by atoms with Crippen LogP contribution in [0.15, 0.2) is 61.2 Å². The lowest BCUT2D eigenvalue weighted by atomic mass is 9.95. The number of ether oxygens (including phenoxy) is 1. The molecule has 1 aromatic heterocycles. The van der Waals surface area contributed by atoms with E-state index in [1.54, 1.807) is 11.8 Å². The molecule has 2 aromatic carbocycles. The van der Waals surface area contributed by atoms with E-state index in [4.69, 9.17) is 9.84 Å². The molecule has 1 saturated heterocycles. The van der Waals surface area contributed by atoms with E-state index in [1.165, 1.54) is 11.1 Å². The van der Waals surface area contributed by atoms with Crippen molar-refractivity contribution in [2.24, 2.45) is 0 Å². The minimum Gasteiger partial charge on any atom is -0.497 e. The fourth-order valence-corrected chi connectivity index (χ4v) is 4.73. The molecule has 10 heteroatoms. The zero-order valence-corrected chi connectivity index (χ0v) is 22.0. The second-order valence-electron chi connectivity index (χ2n) is 9.00. The van der Waals surface area contributed by atoms with Crippen molar-refractivity contribution in [3.05, 3.63) is 72.3 Å². The molecule has 0 saturated carbocycles. The van der Waals surface area contributed by atoms with E-state index in [0.29, 0.717) is 25.2 Å². The standard InChI is InChI=1S/C27H34N6O3.ClH/c1-3-14-31-16-18-32(19-17-31)26(23-7-6-8-24(20-23)36-2)21-10-12-22(13-11-21)27-28-29-30-33(27)15-5-4-9-25(34)35;/h3,6-8,10-13,20,26H,1,4-5,9,14-19H2,2H3,(H,34,35);1H/t26-;/m0./s1. The van der Waals surface area contributed by atoms with Crippen molar-refractivity contribution in [3.8, 4) is 17.1 Å². The number of unbranched alkanes of at least 4 members (excludes halogenated alkanes) is 1. The maximum atomic E-state index is 10.8. The van der Waals surface area contributed by atoms with E-state index in [0.717, 1.165) is 44.0 Å². The number of piperazine rings is 1. The molecule has 0 spiro atoms. The lowest BCUT2D eigenvalue weighted by Gasteiger charge is -2.39. The lowest BCUT2D eigenvalue weighted by molar-refractivity contribution is -0.137. The van der Waals surface area contributed by atoms with Gasteiger partial charge in [0, 0.05) is 51.3 Å². The van der Waals surface area contributed by atoms with Gasteiger partial charge in [-0.1, -0.05) is 42.5 Å². The molecule has 0 amide bonds. The number of nitrogens with zero attached hydrogens (tertiary/aromatic N) is 6. The van der Waals surface area contributed by atoms with E-state index in [-0.39, 0.29) is 24.9 Å². The zero-order chi connectivity index (χ0) is 25.3. The molecule has 1 aliphatic rings. The summed E-state index contributed by atoms with van der Waals surface area (Å²) in [6, 6.07) is 16.8. The third kappa shape index (κ3) is 7.38. The molecule has 37 heavy (non-hydrogen) atoms. The van der Waals surface area contributed by atoms with Gasteiger partial charge in [-0.2, -0.15) is 0 Å². The monoisotopic (exact) mass is 526 g/mol. The molecule has 1 fully saturated rings. The Bertz CT molecular complexity index is 1150. The van der Waals surface area contributed by atoms with E-state index in [9.17, 15) is 4.79 Å². The van der Waals surface area contributed by atoms with Crippen LogP contribution in [0, 0.1) is 0 Å². The molecular formula is C27H35ClN6O3. The van der Waals surface area contributed by atoms with Crippen LogP contribution in [0.1, 0.15) is 36.4 Å². The molecule has 1 atom stereocenters. The van der Waals surface area contributed by atoms with Crippen molar-refractivity contribution in [1.29, 1.82) is 0 Å². The van der Waals surface area contributed by atoms with Crippen molar-refractivity contribution < 1.29 is 14.6 Å². The highest BCUT2D eigenvalue weighted by molar-refractivity contribution is 5.85. The third-order valence-corrected chi connectivity index (χ3v) is 6.60. The smallest absolute Gasteiger partial charge is 0.303 e. The number of aromatic nitrogens is 4. The summed E-state index contributed by atoms with van der Waals surface area (Å²) in [7, 11) is 1.70. The second-order valence-corrected chi connectivity index (χ2v) is 9.00. The summed E-state index contributed by atoms with van der Waals surface area (Å²) in [6.07, 6.45) is 3.42. The molecule has 0 bridgehead atoms. The summed E-state index contributed by atoms with van der Waals surface area (Å²) >= 11 is 0. The average molecular weight is 527 g/mol. The molecule has 1 N–H and O–H groups in total. The lowest BCUT2D eigenvalue weighted by Crippen LogP contribution is -2.47. The van der Waals surface area contributed by atoms with Gasteiger partial charge >= 0.3 is 5.97 Å². The predicted molar refractivity (Wildman–Crippen MR) is 145 cm³/mol. The van der Waals surface area contributed by atoms with Crippen LogP contribution in [0.3, 0.4) is 0 Å². The third-order valence-electron chi connectivity index (χ3n) is 6.60. The zero-order valence-electron chi connectivity index (χ0n) is 21.2. The Hall–Kier alpha value is -3.27. The summed E-state index contributed by atoms with van der Waals surface area (Å²) in [5.74, 6) is 0.754. The highest BCUT2D eigenvalue weighted by Crippen LogP contribution is 2.32. The Labute approximate surface area is 224 Å². The molecule has 0 unspecified atom stereocenters. The summed E-state index contributed by atoms with van der Waals surface area (Å²) < 4.78 is 7.26. The van der Waals surface area contributed by atoms with Gasteiger partial charge in [0.15, 0.2) is 5.82 Å². The van der Waals surface area contributed by atoms with Crippen LogP contribution < -0.4 is 4.74 Å². The largest absolute Gasteiger partial charge is 0.497 e. The van der Waals surface area contributed by atoms with E-state index in [1.807, 2.05) is 18.2 Å². The number of hydrogen-bond donors (Lipinski definition) is 1. The number of hydrogen-bond acceptors (Lipinski definition) is 7. The fraction of sp³-hybridized carbons (Fsp3) is 0.407. The highest BCUT2D eigenvalue weighted by Gasteiger charge is 2.26.